The van der Waals surface area contributed by atoms with E-state index in [1.54, 1.807) is 0 Å². The number of unbranched alkanes of at least 4 members (excludes halogenated alkanes) is 4. The minimum absolute atomic E-state index is 0.378. The third kappa shape index (κ3) is 9.22. The molecule has 0 aromatic heterocycles. The van der Waals surface area contributed by atoms with Gasteiger partial charge in [0.05, 0.1) is 0 Å². The molecular formula is C19H36O2Sn. The molecule has 0 aliphatic rings. The van der Waals surface area contributed by atoms with Gasteiger partial charge in [0.2, 0.25) is 0 Å². The van der Waals surface area contributed by atoms with Gasteiger partial charge in [-0.2, -0.15) is 0 Å². The van der Waals surface area contributed by atoms with Crippen molar-refractivity contribution in [3.8, 4) is 0 Å². The molecule has 128 valence electrons. The van der Waals surface area contributed by atoms with Crippen molar-refractivity contribution in [3.05, 3.63) is 9.67 Å². The molecule has 0 aliphatic heterocycles. The molecule has 0 saturated carbocycles. The van der Waals surface area contributed by atoms with Crippen LogP contribution in [0, 0.1) is 0 Å². The molecule has 0 amide bonds. The van der Waals surface area contributed by atoms with Crippen molar-refractivity contribution in [2.75, 3.05) is 0 Å². The summed E-state index contributed by atoms with van der Waals surface area (Å²) in [6, 6.07) is 0. The summed E-state index contributed by atoms with van der Waals surface area (Å²) in [5.74, 6) is -0.631. The van der Waals surface area contributed by atoms with Crippen LogP contribution in [0.3, 0.4) is 0 Å². The van der Waals surface area contributed by atoms with E-state index in [1.165, 1.54) is 57.8 Å². The molecule has 3 heteroatoms. The van der Waals surface area contributed by atoms with Crippen LogP contribution in [0.5, 0.6) is 0 Å². The number of allylic oxidation sites excluding steroid dienone is 1. The van der Waals surface area contributed by atoms with E-state index < -0.39 is 27.1 Å². The average molecular weight is 415 g/mol. The van der Waals surface area contributed by atoms with E-state index in [4.69, 9.17) is 0 Å². The Kier molecular flexibility index (Phi) is 13.5. The van der Waals surface area contributed by atoms with E-state index in [1.807, 2.05) is 6.08 Å². The normalized spacial score (nSPS) is 12.6. The number of carboxylic acids is 1. The van der Waals surface area contributed by atoms with Crippen LogP contribution >= 0.6 is 0 Å². The maximum absolute atomic E-state index is 11.7. The first-order chi connectivity index (χ1) is 10.5. The third-order valence-electron chi connectivity index (χ3n) is 4.29. The van der Waals surface area contributed by atoms with Crippen molar-refractivity contribution in [1.82, 2.24) is 0 Å². The quantitative estimate of drug-likeness (QED) is 0.271. The molecule has 1 N–H and O–H groups in total. The molecule has 0 unspecified atom stereocenters. The summed E-state index contributed by atoms with van der Waals surface area (Å²) in [5.41, 5.74) is 0. The average Bonchev–Trinajstić information content (AvgIpc) is 2.52. The molecule has 2 nitrogen and oxygen atoms in total. The van der Waals surface area contributed by atoms with Gasteiger partial charge in [-0.3, -0.25) is 0 Å². The molecule has 2 radical (unpaired) electrons. The van der Waals surface area contributed by atoms with Gasteiger partial charge in [0.25, 0.3) is 0 Å². The van der Waals surface area contributed by atoms with Crippen LogP contribution in [0.25, 0.3) is 0 Å². The Balaban J connectivity index is 5.21. The first-order valence-corrected chi connectivity index (χ1v) is 12.1. The van der Waals surface area contributed by atoms with Crippen LogP contribution in [-0.4, -0.2) is 32.2 Å². The molecule has 0 atom stereocenters. The zero-order valence-corrected chi connectivity index (χ0v) is 18.1. The van der Waals surface area contributed by atoms with Crippen LogP contribution in [0.4, 0.5) is 0 Å². The fourth-order valence-electron chi connectivity index (χ4n) is 2.87. The fourth-order valence-corrected chi connectivity index (χ4v) is 8.10. The maximum atomic E-state index is 11.7. The van der Waals surface area contributed by atoms with Gasteiger partial charge in [-0.15, -0.1) is 0 Å². The van der Waals surface area contributed by atoms with Crippen molar-refractivity contribution in [3.63, 3.8) is 0 Å². The van der Waals surface area contributed by atoms with Crippen LogP contribution in [-0.2, 0) is 4.79 Å². The zero-order valence-electron chi connectivity index (χ0n) is 15.2. The van der Waals surface area contributed by atoms with Gasteiger partial charge < -0.3 is 0 Å². The predicted octanol–water partition coefficient (Wildman–Crippen LogP) is 6.19. The summed E-state index contributed by atoms with van der Waals surface area (Å²) >= 11 is -1.07. The van der Waals surface area contributed by atoms with Crippen LogP contribution < -0.4 is 0 Å². The van der Waals surface area contributed by atoms with Gasteiger partial charge in [0.15, 0.2) is 0 Å². The first kappa shape index (κ1) is 22.0. The summed E-state index contributed by atoms with van der Waals surface area (Å²) in [6.07, 6.45) is 15.2. The number of hydrogen-bond donors (Lipinski definition) is 1. The zero-order chi connectivity index (χ0) is 16.8. The van der Waals surface area contributed by atoms with E-state index >= 15 is 0 Å². The number of aliphatic carboxylic acids is 1. The molecule has 0 heterocycles. The number of carboxylic acid groups (broad SMARTS) is 1. The minimum atomic E-state index is -1.07. The molecule has 22 heavy (non-hydrogen) atoms. The Morgan fingerprint density at radius 1 is 0.909 bits per heavy atom. The van der Waals surface area contributed by atoms with Gasteiger partial charge in [0, 0.05) is 0 Å². The molecule has 0 aromatic rings. The SMILES string of the molecule is CCC/C=[C](\[Sn][C](CCCC)(CCCC)CCCC)C(=O)O. The van der Waals surface area contributed by atoms with Gasteiger partial charge in [0.1, 0.15) is 0 Å². The van der Waals surface area contributed by atoms with E-state index in [0.717, 1.165) is 16.4 Å². The number of hydrogen-bond acceptors (Lipinski definition) is 1. The van der Waals surface area contributed by atoms with Crippen LogP contribution in [0.1, 0.15) is 98.3 Å². The van der Waals surface area contributed by atoms with Gasteiger partial charge in [-0.1, -0.05) is 0 Å². The Bertz CT molecular complexity index is 302. The Labute approximate surface area is 148 Å². The molecule has 0 spiro atoms. The van der Waals surface area contributed by atoms with Gasteiger partial charge in [-0.05, 0) is 0 Å². The monoisotopic (exact) mass is 416 g/mol. The van der Waals surface area contributed by atoms with E-state index in [0.29, 0.717) is 3.43 Å². The van der Waals surface area contributed by atoms with Crippen molar-refractivity contribution in [2.24, 2.45) is 0 Å². The van der Waals surface area contributed by atoms with Crippen molar-refractivity contribution in [1.29, 1.82) is 0 Å². The molecule has 0 fully saturated rings. The summed E-state index contributed by atoms with van der Waals surface area (Å²) in [7, 11) is 0. The predicted molar refractivity (Wildman–Crippen MR) is 97.6 cm³/mol. The summed E-state index contributed by atoms with van der Waals surface area (Å²) in [6.45, 7) is 8.88. The second-order valence-electron chi connectivity index (χ2n) is 6.43. The van der Waals surface area contributed by atoms with Crippen molar-refractivity contribution >= 4 is 27.1 Å². The van der Waals surface area contributed by atoms with E-state index in [2.05, 4.69) is 27.7 Å². The summed E-state index contributed by atoms with van der Waals surface area (Å²) in [5, 5.41) is 9.61. The molecule has 0 aliphatic carbocycles. The molecular weight excluding hydrogens is 379 g/mol. The standard InChI is InChI=1S/C13H27.C6H9O2.Sn/c1-4-7-10-13(11-8-5-2)12-9-6-3;1-2-3-4-5-6(7)8;/h4-12H2,1-3H3;4H,2-3H2,1H3,(H,7,8);. The number of rotatable bonds is 14. The number of carbonyl (C=O) groups is 1. The second kappa shape index (κ2) is 13.4. The van der Waals surface area contributed by atoms with Gasteiger partial charge in [-0.25, -0.2) is 0 Å². The topological polar surface area (TPSA) is 37.3 Å². The van der Waals surface area contributed by atoms with Crippen molar-refractivity contribution < 1.29 is 9.90 Å². The summed E-state index contributed by atoms with van der Waals surface area (Å²) in [4.78, 5) is 11.7. The Morgan fingerprint density at radius 3 is 1.68 bits per heavy atom. The first-order valence-electron chi connectivity index (χ1n) is 9.26. The molecule has 0 bridgehead atoms. The van der Waals surface area contributed by atoms with Crippen molar-refractivity contribution in [2.45, 2.75) is 102 Å². The van der Waals surface area contributed by atoms with Crippen LogP contribution in [0.15, 0.2) is 9.67 Å². The van der Waals surface area contributed by atoms with E-state index in [9.17, 15) is 9.90 Å². The Morgan fingerprint density at radius 2 is 1.36 bits per heavy atom. The Hall–Kier alpha value is 0.00870. The fraction of sp³-hybridized carbons (Fsp3) is 0.842. The molecule has 0 aromatic carbocycles. The van der Waals surface area contributed by atoms with Gasteiger partial charge >= 0.3 is 148 Å². The summed E-state index contributed by atoms with van der Waals surface area (Å²) < 4.78 is 1.21. The third-order valence-corrected chi connectivity index (χ3v) is 9.91. The van der Waals surface area contributed by atoms with E-state index in [-0.39, 0.29) is 0 Å². The second-order valence-corrected chi connectivity index (χ2v) is 11.7. The molecule has 0 rings (SSSR count). The van der Waals surface area contributed by atoms with Crippen LogP contribution in [0.2, 0.25) is 3.43 Å². The molecule has 0 saturated heterocycles.